The molecule has 10 nitrogen and oxygen atoms in total. The van der Waals surface area contributed by atoms with Gasteiger partial charge in [-0.2, -0.15) is 0 Å². The van der Waals surface area contributed by atoms with Gasteiger partial charge in [-0.3, -0.25) is 9.78 Å². The average Bonchev–Trinajstić information content (AvgIpc) is 3.26. The van der Waals surface area contributed by atoms with E-state index in [1.807, 2.05) is 31.2 Å². The van der Waals surface area contributed by atoms with Crippen molar-refractivity contribution in [2.75, 3.05) is 38.8 Å². The molecule has 3 aromatic rings. The molecule has 1 fully saturated rings. The van der Waals surface area contributed by atoms with Crippen molar-refractivity contribution in [1.29, 1.82) is 0 Å². The highest BCUT2D eigenvalue weighted by Gasteiger charge is 2.49. The van der Waals surface area contributed by atoms with Gasteiger partial charge in [0.05, 0.1) is 17.5 Å². The summed E-state index contributed by atoms with van der Waals surface area (Å²) in [6.07, 6.45) is 11.3. The van der Waals surface area contributed by atoms with E-state index in [1.54, 1.807) is 51.7 Å². The van der Waals surface area contributed by atoms with E-state index < -0.39 is 33.1 Å². The zero-order valence-corrected chi connectivity index (χ0v) is 31.8. The first-order chi connectivity index (χ1) is 24.9. The maximum Gasteiger partial charge on any atom is 0.264 e. The number of sulfonamides is 1. The Morgan fingerprint density at radius 3 is 2.65 bits per heavy atom. The molecular formula is C40H48ClN3O7S. The molecule has 2 aliphatic carbocycles. The van der Waals surface area contributed by atoms with Crippen LogP contribution in [0.4, 0.5) is 5.69 Å². The molecule has 1 aromatic heterocycles. The summed E-state index contributed by atoms with van der Waals surface area (Å²) < 4.78 is 47.1. The fourth-order valence-corrected chi connectivity index (χ4v) is 10.2. The number of rotatable bonds is 4. The molecule has 52 heavy (non-hydrogen) atoms. The highest BCUT2D eigenvalue weighted by atomic mass is 35.5. The first kappa shape index (κ1) is 36.9. The Balaban J connectivity index is 1.35. The second-order valence-corrected chi connectivity index (χ2v) is 17.6. The molecule has 2 aromatic carbocycles. The molecule has 2 aliphatic heterocycles. The molecule has 1 amide bonds. The average molecular weight is 750 g/mol. The van der Waals surface area contributed by atoms with Crippen molar-refractivity contribution in [3.63, 3.8) is 0 Å². The Labute approximate surface area is 311 Å². The number of anilines is 1. The molecule has 1 saturated carbocycles. The number of methoxy groups -OCH3 is 2. The molecule has 0 saturated heterocycles. The number of hydrogen-bond donors (Lipinski definition) is 2. The summed E-state index contributed by atoms with van der Waals surface area (Å²) in [5.41, 5.74) is 2.94. The molecule has 0 radical (unpaired) electrons. The monoisotopic (exact) mass is 749 g/mol. The van der Waals surface area contributed by atoms with E-state index in [9.17, 15) is 18.3 Å². The molecule has 2 bridgehead atoms. The Morgan fingerprint density at radius 2 is 1.90 bits per heavy atom. The molecule has 6 atom stereocenters. The Hall–Kier alpha value is -3.48. The van der Waals surface area contributed by atoms with Gasteiger partial charge < -0.3 is 24.2 Å². The van der Waals surface area contributed by atoms with Gasteiger partial charge in [-0.25, -0.2) is 13.1 Å². The van der Waals surface area contributed by atoms with Crippen molar-refractivity contribution in [1.82, 2.24) is 9.71 Å². The van der Waals surface area contributed by atoms with E-state index >= 15 is 0 Å². The van der Waals surface area contributed by atoms with Gasteiger partial charge in [-0.05, 0) is 105 Å². The number of amides is 1. The molecule has 12 heteroatoms. The number of ether oxygens (including phenoxy) is 3. The van der Waals surface area contributed by atoms with Gasteiger partial charge >= 0.3 is 0 Å². The van der Waals surface area contributed by atoms with E-state index in [-0.39, 0.29) is 28.7 Å². The number of halogens is 1. The maximum absolute atomic E-state index is 13.6. The third kappa shape index (κ3) is 6.75. The number of nitrogens with zero attached hydrogens (tertiary/aromatic N) is 2. The number of aryl methyl sites for hydroxylation is 1. The molecule has 7 rings (SSSR count). The zero-order chi connectivity index (χ0) is 36.8. The second-order valence-electron chi connectivity index (χ2n) is 15.2. The van der Waals surface area contributed by atoms with Crippen molar-refractivity contribution < 1.29 is 32.5 Å². The number of fused-ring (bicyclic) bond motifs is 4. The summed E-state index contributed by atoms with van der Waals surface area (Å²) in [4.78, 5) is 20.4. The number of pyridine rings is 1. The number of carbonyl (C=O) groups excluding carboxylic acids is 1. The fraction of sp³-hybridized carbons (Fsp3) is 0.500. The molecule has 4 aliphatic rings. The van der Waals surface area contributed by atoms with Crippen molar-refractivity contribution in [2.24, 2.45) is 17.8 Å². The van der Waals surface area contributed by atoms with E-state index in [0.29, 0.717) is 48.0 Å². The second kappa shape index (κ2) is 14.4. The van der Waals surface area contributed by atoms with Crippen molar-refractivity contribution in [2.45, 2.75) is 74.9 Å². The lowest BCUT2D eigenvalue weighted by atomic mass is 9.62. The van der Waals surface area contributed by atoms with Crippen LogP contribution in [0.5, 0.6) is 5.75 Å². The molecule has 2 N–H and O–H groups in total. The summed E-state index contributed by atoms with van der Waals surface area (Å²) >= 11 is 6.47. The molecule has 3 heterocycles. The number of aliphatic hydroxyl groups is 1. The SMILES string of the molecule is COC(OC)c1cncc([C@]2(O)/C=C/C[C@H](C)[C@@H](C)S(=O)(=O)NC(=O)c3ccc4c(c3)N(C[C@@H]3CC[C@H]32)C[C@@]2(CCCc3cc(Cl)ccc32)CO4)c1. The predicted molar refractivity (Wildman–Crippen MR) is 200 cm³/mol. The number of hydrogen-bond acceptors (Lipinski definition) is 9. The van der Waals surface area contributed by atoms with Crippen LogP contribution in [0, 0.1) is 17.8 Å². The molecular weight excluding hydrogens is 702 g/mol. The number of carbonyl (C=O) groups is 1. The summed E-state index contributed by atoms with van der Waals surface area (Å²) in [7, 11) is -0.919. The van der Waals surface area contributed by atoms with Gasteiger partial charge in [-0.15, -0.1) is 0 Å². The van der Waals surface area contributed by atoms with Crippen LogP contribution in [0.25, 0.3) is 0 Å². The minimum atomic E-state index is -4.04. The number of aromatic nitrogens is 1. The van der Waals surface area contributed by atoms with Crippen LogP contribution >= 0.6 is 11.6 Å². The largest absolute Gasteiger partial charge is 0.490 e. The summed E-state index contributed by atoms with van der Waals surface area (Å²) in [6, 6.07) is 13.2. The lowest BCUT2D eigenvalue weighted by molar-refractivity contribution is -0.106. The molecule has 1 spiro atoms. The minimum Gasteiger partial charge on any atom is -0.490 e. The number of nitrogens with one attached hydrogen (secondary N) is 1. The Morgan fingerprint density at radius 1 is 1.10 bits per heavy atom. The predicted octanol–water partition coefficient (Wildman–Crippen LogP) is 6.46. The lowest BCUT2D eigenvalue weighted by Crippen LogP contribution is -2.51. The Kier molecular flexibility index (Phi) is 10.2. The van der Waals surface area contributed by atoms with E-state index in [1.165, 1.54) is 11.1 Å². The van der Waals surface area contributed by atoms with Crippen LogP contribution in [-0.2, 0) is 36.9 Å². The van der Waals surface area contributed by atoms with E-state index in [0.717, 1.165) is 37.8 Å². The van der Waals surface area contributed by atoms with Crippen LogP contribution in [0.3, 0.4) is 0 Å². The van der Waals surface area contributed by atoms with Crippen LogP contribution in [-0.4, -0.2) is 63.6 Å². The van der Waals surface area contributed by atoms with Gasteiger partial charge in [0.1, 0.15) is 11.4 Å². The van der Waals surface area contributed by atoms with Gasteiger partial charge in [0, 0.05) is 72.7 Å². The first-order valence-corrected chi connectivity index (χ1v) is 20.1. The number of allylic oxidation sites excluding steroid dienone is 1. The van der Waals surface area contributed by atoms with Crippen LogP contribution in [0.2, 0.25) is 5.02 Å². The molecule has 278 valence electrons. The van der Waals surface area contributed by atoms with Crippen molar-refractivity contribution in [3.8, 4) is 5.75 Å². The van der Waals surface area contributed by atoms with Crippen molar-refractivity contribution >= 4 is 33.2 Å². The first-order valence-electron chi connectivity index (χ1n) is 18.1. The van der Waals surface area contributed by atoms with Gasteiger partial charge in [0.25, 0.3) is 5.91 Å². The quantitative estimate of drug-likeness (QED) is 0.228. The normalized spacial score (nSPS) is 30.7. The van der Waals surface area contributed by atoms with Gasteiger partial charge in [0.15, 0.2) is 6.29 Å². The summed E-state index contributed by atoms with van der Waals surface area (Å²) in [5, 5.41) is 12.7. The highest BCUT2D eigenvalue weighted by molar-refractivity contribution is 7.90. The third-order valence-electron chi connectivity index (χ3n) is 12.1. The smallest absolute Gasteiger partial charge is 0.264 e. The van der Waals surface area contributed by atoms with Crippen LogP contribution in [0.15, 0.2) is 67.0 Å². The van der Waals surface area contributed by atoms with E-state index in [2.05, 4.69) is 26.7 Å². The topological polar surface area (TPSA) is 127 Å². The fourth-order valence-electron chi connectivity index (χ4n) is 8.75. The standard InChI is InChI=1S/C40H48ClN3O7S/c1-25-7-5-16-40(46,31-17-30(20-42-21-31)38(49-3)50-4)34-12-9-29(34)22-44-23-39(15-6-8-27-18-32(41)11-13-33(27)39)24-51-36-14-10-28(19-35(36)44)37(45)43-52(47,48)26(25)2/h5,10-11,13-14,16-21,25-26,29,34,38,46H,6-9,12,15,22-24H2,1-4H3,(H,43,45)/b16-5+/t25-,26+,29-,34+,39-,40+/m0/s1. The third-order valence-corrected chi connectivity index (χ3v) is 14.2. The minimum absolute atomic E-state index is 0.0670. The van der Waals surface area contributed by atoms with Gasteiger partial charge in [-0.1, -0.05) is 36.7 Å². The lowest BCUT2D eigenvalue weighted by Gasteiger charge is -2.49. The highest BCUT2D eigenvalue weighted by Crippen LogP contribution is 2.51. The van der Waals surface area contributed by atoms with Crippen molar-refractivity contribution in [3.05, 3.63) is 99.9 Å². The summed E-state index contributed by atoms with van der Waals surface area (Å²) in [6.45, 7) is 5.09. The van der Waals surface area contributed by atoms with Crippen LogP contribution < -0.4 is 14.4 Å². The Bertz CT molecular complexity index is 1970. The van der Waals surface area contributed by atoms with E-state index in [4.69, 9.17) is 25.8 Å². The zero-order valence-electron chi connectivity index (χ0n) is 30.2. The van der Waals surface area contributed by atoms with Gasteiger partial charge in [0.2, 0.25) is 10.0 Å². The van der Waals surface area contributed by atoms with Crippen LogP contribution in [0.1, 0.15) is 84.9 Å². The number of benzene rings is 2. The maximum atomic E-state index is 13.6. The summed E-state index contributed by atoms with van der Waals surface area (Å²) in [5.74, 6) is -0.506. The molecule has 0 unspecified atom stereocenters.